The van der Waals surface area contributed by atoms with Gasteiger partial charge in [-0.1, -0.05) is 29.8 Å². The summed E-state index contributed by atoms with van der Waals surface area (Å²) in [4.78, 5) is 0. The number of ether oxygens (including phenoxy) is 1. The van der Waals surface area contributed by atoms with Gasteiger partial charge in [-0.15, -0.1) is 0 Å². The van der Waals surface area contributed by atoms with Crippen LogP contribution in [0.15, 0.2) is 42.5 Å². The number of para-hydroxylation sites is 1. The van der Waals surface area contributed by atoms with Crippen LogP contribution >= 0.6 is 11.6 Å². The number of benzene rings is 2. The van der Waals surface area contributed by atoms with Gasteiger partial charge in [0, 0.05) is 28.0 Å². The maximum Gasteiger partial charge on any atom is 0.131 e. The number of fused-ring (bicyclic) bond motifs is 5. The molecule has 1 fully saturated rings. The average Bonchev–Trinajstić information content (AvgIpc) is 2.83. The molecule has 2 aromatic rings. The molecule has 0 aliphatic carbocycles. The van der Waals surface area contributed by atoms with Gasteiger partial charge in [0.15, 0.2) is 0 Å². The number of nitrogens with zero attached hydrogens (tertiary/aromatic N) is 1. The molecule has 3 atom stereocenters. The summed E-state index contributed by atoms with van der Waals surface area (Å²) in [5.41, 5.74) is 1.69. The summed E-state index contributed by atoms with van der Waals surface area (Å²) in [6.07, 6.45) is 0. The molecule has 1 saturated heterocycles. The van der Waals surface area contributed by atoms with Gasteiger partial charge >= 0.3 is 0 Å². The van der Waals surface area contributed by atoms with E-state index < -0.39 is 11.6 Å². The molecule has 0 bridgehead atoms. The van der Waals surface area contributed by atoms with Crippen LogP contribution in [0, 0.1) is 5.21 Å². The van der Waals surface area contributed by atoms with Gasteiger partial charge in [-0.25, -0.2) is 0 Å². The van der Waals surface area contributed by atoms with E-state index in [1.54, 1.807) is 18.2 Å². The SMILES string of the molecule is [2H][13C]([2H])([2H])[N+]1([O-])C[C@H]2c3ccccc3Oc3ccc(Cl)cc3[C@@H]2C1. The number of quaternary nitrogens is 1. The highest BCUT2D eigenvalue weighted by molar-refractivity contribution is 6.30. The van der Waals surface area contributed by atoms with Crippen molar-refractivity contribution in [2.45, 2.75) is 11.8 Å². The highest BCUT2D eigenvalue weighted by Crippen LogP contribution is 2.51. The van der Waals surface area contributed by atoms with E-state index in [0.717, 1.165) is 11.1 Å². The van der Waals surface area contributed by atoms with Gasteiger partial charge in [0.05, 0.1) is 24.2 Å². The Kier molecular flexibility index (Phi) is 2.18. The maximum absolute atomic E-state index is 13.0. The summed E-state index contributed by atoms with van der Waals surface area (Å²) in [5.74, 6) is 0.866. The largest absolute Gasteiger partial charge is 0.633 e. The monoisotopic (exact) mass is 305 g/mol. The summed E-state index contributed by atoms with van der Waals surface area (Å²) < 4.78 is 27.9. The van der Waals surface area contributed by atoms with E-state index in [0.29, 0.717) is 16.5 Å². The van der Waals surface area contributed by atoms with Crippen LogP contribution in [0.2, 0.25) is 5.02 Å². The first kappa shape index (κ1) is 10.2. The van der Waals surface area contributed by atoms with E-state index in [-0.39, 0.29) is 24.9 Å². The molecule has 0 aromatic heterocycles. The summed E-state index contributed by atoms with van der Waals surface area (Å²) in [7, 11) is 0. The molecule has 21 heavy (non-hydrogen) atoms. The van der Waals surface area contributed by atoms with Crippen molar-refractivity contribution in [2.24, 2.45) is 0 Å². The number of likely N-dealkylation sites (N-methyl/N-ethyl adjacent to an activating group) is 1. The predicted octanol–water partition coefficient (Wildman–Crippen LogP) is 4.27. The van der Waals surface area contributed by atoms with Gasteiger partial charge < -0.3 is 14.6 Å². The number of halogens is 1. The molecule has 2 heterocycles. The molecule has 0 spiro atoms. The summed E-state index contributed by atoms with van der Waals surface area (Å²) in [6, 6.07) is 12.8. The topological polar surface area (TPSA) is 32.3 Å². The van der Waals surface area contributed by atoms with Crippen molar-refractivity contribution in [3.8, 4) is 11.5 Å². The van der Waals surface area contributed by atoms with E-state index >= 15 is 0 Å². The highest BCUT2D eigenvalue weighted by atomic mass is 35.5. The van der Waals surface area contributed by atoms with E-state index in [1.165, 1.54) is 0 Å². The van der Waals surface area contributed by atoms with Crippen molar-refractivity contribution >= 4 is 11.6 Å². The Bertz CT molecular complexity index is 811. The van der Waals surface area contributed by atoms with Crippen LogP contribution in [0.5, 0.6) is 11.5 Å². The zero-order valence-corrected chi connectivity index (χ0v) is 12.0. The Morgan fingerprint density at radius 1 is 1.14 bits per heavy atom. The van der Waals surface area contributed by atoms with Gasteiger partial charge in [-0.2, -0.15) is 0 Å². The van der Waals surface area contributed by atoms with Crippen LogP contribution in [0.25, 0.3) is 0 Å². The first-order chi connectivity index (χ1) is 11.3. The Morgan fingerprint density at radius 3 is 2.67 bits per heavy atom. The second-order valence-electron chi connectivity index (χ2n) is 5.79. The third-order valence-electron chi connectivity index (χ3n) is 4.38. The molecule has 2 aliphatic heterocycles. The number of hydrogen-bond acceptors (Lipinski definition) is 2. The minimum atomic E-state index is -2.60. The van der Waals surface area contributed by atoms with Crippen molar-refractivity contribution in [1.82, 2.24) is 0 Å². The van der Waals surface area contributed by atoms with E-state index in [9.17, 15) is 5.21 Å². The van der Waals surface area contributed by atoms with E-state index in [2.05, 4.69) is 0 Å². The quantitative estimate of drug-likeness (QED) is 0.413. The molecule has 0 N–H and O–H groups in total. The Labute approximate surface area is 133 Å². The maximum atomic E-state index is 13.0. The Morgan fingerprint density at radius 2 is 1.86 bits per heavy atom. The molecule has 2 aliphatic rings. The molecule has 1 unspecified atom stereocenters. The number of hydroxylamine groups is 3. The zero-order valence-electron chi connectivity index (χ0n) is 14.3. The Balaban J connectivity index is 1.91. The lowest BCUT2D eigenvalue weighted by molar-refractivity contribution is -0.848. The predicted molar refractivity (Wildman–Crippen MR) is 82.7 cm³/mol. The fourth-order valence-electron chi connectivity index (χ4n) is 3.49. The van der Waals surface area contributed by atoms with Crippen LogP contribution in [0.3, 0.4) is 0 Å². The summed E-state index contributed by atoms with van der Waals surface area (Å²) in [6.45, 7) is -2.60. The van der Waals surface area contributed by atoms with Crippen molar-refractivity contribution in [1.29, 1.82) is 0 Å². The first-order valence-corrected chi connectivity index (χ1v) is 7.31. The van der Waals surface area contributed by atoms with Crippen LogP contribution in [0.1, 0.15) is 27.1 Å². The Hall–Kier alpha value is -1.55. The van der Waals surface area contributed by atoms with Gasteiger partial charge in [0.2, 0.25) is 0 Å². The van der Waals surface area contributed by atoms with E-state index in [1.807, 2.05) is 24.3 Å². The summed E-state index contributed by atoms with van der Waals surface area (Å²) >= 11 is 6.14. The van der Waals surface area contributed by atoms with Crippen LogP contribution < -0.4 is 4.74 Å². The van der Waals surface area contributed by atoms with Crippen LogP contribution in [0.4, 0.5) is 0 Å². The smallest absolute Gasteiger partial charge is 0.131 e. The first-order valence-electron chi connectivity index (χ1n) is 8.43. The fourth-order valence-corrected chi connectivity index (χ4v) is 3.68. The molecule has 0 saturated carbocycles. The highest BCUT2D eigenvalue weighted by Gasteiger charge is 2.44. The van der Waals surface area contributed by atoms with Crippen molar-refractivity contribution in [3.63, 3.8) is 0 Å². The second-order valence-corrected chi connectivity index (χ2v) is 6.23. The molecule has 3 nitrogen and oxygen atoms in total. The van der Waals surface area contributed by atoms with E-state index in [4.69, 9.17) is 20.5 Å². The standard InChI is InChI=1S/C17H16ClNO2/c1-19(20)9-14-12-4-2-3-5-16(12)21-17-7-6-11(18)8-13(17)15(14)10-19/h2-8,14-15H,9-10H2,1H3/t14-,15-,19?/m0/s1/i1+1D3. The molecular formula is C17H16ClNO2. The van der Waals surface area contributed by atoms with Gasteiger partial charge in [-0.05, 0) is 24.3 Å². The lowest BCUT2D eigenvalue weighted by Gasteiger charge is -2.34. The number of rotatable bonds is 0. The fraction of sp³-hybridized carbons (Fsp3) is 0.294. The normalized spacial score (nSPS) is 32.6. The van der Waals surface area contributed by atoms with Crippen LogP contribution in [-0.4, -0.2) is 24.7 Å². The average molecular weight is 306 g/mol. The van der Waals surface area contributed by atoms with Gasteiger partial charge in [0.25, 0.3) is 0 Å². The number of hydrogen-bond donors (Lipinski definition) is 0. The third-order valence-corrected chi connectivity index (χ3v) is 4.61. The molecule has 0 radical (unpaired) electrons. The summed E-state index contributed by atoms with van der Waals surface area (Å²) in [5, 5.41) is 13.6. The second kappa shape index (κ2) is 4.47. The molecular weight excluding hydrogens is 287 g/mol. The minimum absolute atomic E-state index is 0.00743. The van der Waals surface area contributed by atoms with Crippen molar-refractivity contribution in [3.05, 3.63) is 63.8 Å². The molecule has 0 amide bonds. The number of likely N-dealkylation sites (tertiary alicyclic amines) is 1. The zero-order chi connectivity index (χ0) is 17.1. The molecule has 108 valence electrons. The van der Waals surface area contributed by atoms with Crippen molar-refractivity contribution in [2.75, 3.05) is 20.1 Å². The van der Waals surface area contributed by atoms with Crippen LogP contribution in [-0.2, 0) is 0 Å². The van der Waals surface area contributed by atoms with Crippen molar-refractivity contribution < 1.29 is 13.5 Å². The molecule has 4 heteroatoms. The van der Waals surface area contributed by atoms with Gasteiger partial charge in [0.1, 0.15) is 11.5 Å². The van der Waals surface area contributed by atoms with Gasteiger partial charge in [-0.3, -0.25) is 0 Å². The lowest BCUT2D eigenvalue weighted by atomic mass is 9.84. The minimum Gasteiger partial charge on any atom is -0.633 e. The molecule has 4 rings (SSSR count). The molecule has 2 aromatic carbocycles. The third kappa shape index (κ3) is 2.13. The lowest BCUT2D eigenvalue weighted by Crippen LogP contribution is -2.34.